The Morgan fingerprint density at radius 1 is 0.781 bits per heavy atom. The van der Waals surface area contributed by atoms with E-state index in [1.165, 1.54) is 0 Å². The van der Waals surface area contributed by atoms with Crippen molar-refractivity contribution in [3.05, 3.63) is 83.2 Å². The van der Waals surface area contributed by atoms with Crippen LogP contribution >= 0.6 is 32.9 Å². The Labute approximate surface area is 207 Å². The Bertz CT molecular complexity index is 1260. The number of nitrogens with zero attached hydrogens (tertiary/aromatic N) is 2. The zero-order valence-electron chi connectivity index (χ0n) is 18.4. The van der Waals surface area contributed by atoms with E-state index in [0.29, 0.717) is 5.33 Å². The normalized spacial score (nSPS) is 10.2. The van der Waals surface area contributed by atoms with E-state index in [1.54, 1.807) is 6.92 Å². The molecule has 6 heteroatoms. The third-order valence-electron chi connectivity index (χ3n) is 5.06. The summed E-state index contributed by atoms with van der Waals surface area (Å²) in [7, 11) is 0. The lowest BCUT2D eigenvalue weighted by Crippen LogP contribution is -2.03. The first-order valence-electron chi connectivity index (χ1n) is 10.4. The van der Waals surface area contributed by atoms with Gasteiger partial charge in [0.1, 0.15) is 0 Å². The van der Waals surface area contributed by atoms with Crippen LogP contribution in [0.5, 0.6) is 0 Å². The second kappa shape index (κ2) is 12.0. The number of alkyl halides is 1. The van der Waals surface area contributed by atoms with Crippen LogP contribution in [0, 0.1) is 0 Å². The van der Waals surface area contributed by atoms with E-state index in [1.807, 2.05) is 74.5 Å². The highest BCUT2D eigenvalue weighted by Crippen LogP contribution is 2.20. The maximum atomic E-state index is 11.8. The molecule has 0 aliphatic heterocycles. The Morgan fingerprint density at radius 3 is 1.66 bits per heavy atom. The molecule has 2 aromatic carbocycles. The lowest BCUT2D eigenvalue weighted by atomic mass is 10.0. The zero-order chi connectivity index (χ0) is 22.4. The molecule has 0 saturated heterocycles. The molecule has 0 spiro atoms. The number of aryl methyl sites for hydroxylation is 2. The molecule has 0 bridgehead atoms. The highest BCUT2D eigenvalue weighted by molar-refractivity contribution is 9.09. The third kappa shape index (κ3) is 5.87. The maximum Gasteiger partial charge on any atom is 0.174 e. The SMILES string of the molecule is Br.CCc1cc(C(=O)CBr)c2ccccc2n1.CCc1cc(C(C)=O)c2ccccc2n1. The van der Waals surface area contributed by atoms with Crippen LogP contribution in [0.25, 0.3) is 21.8 Å². The smallest absolute Gasteiger partial charge is 0.174 e. The van der Waals surface area contributed by atoms with Gasteiger partial charge in [-0.2, -0.15) is 0 Å². The Hall–Kier alpha value is -2.44. The predicted molar refractivity (Wildman–Crippen MR) is 141 cm³/mol. The number of pyridine rings is 2. The summed E-state index contributed by atoms with van der Waals surface area (Å²) in [5.74, 6) is 0.205. The number of halogens is 2. The molecule has 0 aliphatic rings. The first kappa shape index (κ1) is 25.8. The molecule has 4 aromatic rings. The van der Waals surface area contributed by atoms with Gasteiger partial charge in [0, 0.05) is 33.3 Å². The minimum atomic E-state index is 0. The number of hydrogen-bond acceptors (Lipinski definition) is 4. The molecule has 0 amide bonds. The van der Waals surface area contributed by atoms with Crippen molar-refractivity contribution in [1.29, 1.82) is 0 Å². The number of hydrogen-bond donors (Lipinski definition) is 0. The number of benzene rings is 2. The van der Waals surface area contributed by atoms with Crippen LogP contribution in [0.3, 0.4) is 0 Å². The van der Waals surface area contributed by atoms with Crippen LogP contribution in [0.1, 0.15) is 52.9 Å². The van der Waals surface area contributed by atoms with Gasteiger partial charge in [0.25, 0.3) is 0 Å². The van der Waals surface area contributed by atoms with Gasteiger partial charge in [0.2, 0.25) is 0 Å². The van der Waals surface area contributed by atoms with Crippen molar-refractivity contribution in [1.82, 2.24) is 9.97 Å². The van der Waals surface area contributed by atoms with E-state index >= 15 is 0 Å². The topological polar surface area (TPSA) is 59.9 Å². The summed E-state index contributed by atoms with van der Waals surface area (Å²) >= 11 is 3.21. The largest absolute Gasteiger partial charge is 0.294 e. The summed E-state index contributed by atoms with van der Waals surface area (Å²) in [5, 5.41) is 2.23. The number of aromatic nitrogens is 2. The van der Waals surface area contributed by atoms with E-state index in [2.05, 4.69) is 25.9 Å². The summed E-state index contributed by atoms with van der Waals surface area (Å²) in [6.45, 7) is 5.68. The van der Waals surface area contributed by atoms with E-state index in [4.69, 9.17) is 0 Å². The molecule has 0 unspecified atom stereocenters. The Morgan fingerprint density at radius 2 is 1.22 bits per heavy atom. The second-order valence-corrected chi connectivity index (χ2v) is 7.74. The molecule has 2 heterocycles. The van der Waals surface area contributed by atoms with Crippen molar-refractivity contribution in [3.8, 4) is 0 Å². The number of ketones is 2. The third-order valence-corrected chi connectivity index (χ3v) is 5.57. The molecule has 32 heavy (non-hydrogen) atoms. The second-order valence-electron chi connectivity index (χ2n) is 7.18. The predicted octanol–water partition coefficient (Wildman–Crippen LogP) is 6.95. The fourth-order valence-electron chi connectivity index (χ4n) is 3.42. The lowest BCUT2D eigenvalue weighted by molar-refractivity contribution is 0.101. The fourth-order valence-corrected chi connectivity index (χ4v) is 3.72. The van der Waals surface area contributed by atoms with Crippen molar-refractivity contribution >= 4 is 66.3 Å². The Balaban J connectivity index is 0.000000220. The van der Waals surface area contributed by atoms with Crippen LogP contribution < -0.4 is 0 Å². The maximum absolute atomic E-state index is 11.8. The van der Waals surface area contributed by atoms with Crippen molar-refractivity contribution < 1.29 is 9.59 Å². The molecule has 0 aliphatic carbocycles. The van der Waals surface area contributed by atoms with Crippen LogP contribution in [-0.4, -0.2) is 26.9 Å². The number of carbonyl (C=O) groups is 2. The van der Waals surface area contributed by atoms with Crippen LogP contribution in [-0.2, 0) is 12.8 Å². The summed E-state index contributed by atoms with van der Waals surface area (Å²) < 4.78 is 0. The molecule has 166 valence electrons. The highest BCUT2D eigenvalue weighted by Gasteiger charge is 2.11. The molecule has 4 rings (SSSR count). The number of carbonyl (C=O) groups excluding carboxylic acids is 2. The molecule has 0 atom stereocenters. The number of Topliss-reactive ketones (excluding diaryl/α,β-unsaturated/α-hetero) is 2. The van der Waals surface area contributed by atoms with Gasteiger partial charge in [0.05, 0.1) is 16.4 Å². The molecular formula is C26H26Br2N2O2. The van der Waals surface area contributed by atoms with Gasteiger partial charge in [0.15, 0.2) is 11.6 Å². The van der Waals surface area contributed by atoms with Gasteiger partial charge >= 0.3 is 0 Å². The average Bonchev–Trinajstić information content (AvgIpc) is 2.82. The number of rotatable bonds is 5. The fraction of sp³-hybridized carbons (Fsp3) is 0.231. The lowest BCUT2D eigenvalue weighted by Gasteiger charge is -2.06. The van der Waals surface area contributed by atoms with Gasteiger partial charge in [-0.25, -0.2) is 0 Å². The van der Waals surface area contributed by atoms with Crippen molar-refractivity contribution in [2.24, 2.45) is 0 Å². The monoisotopic (exact) mass is 556 g/mol. The van der Waals surface area contributed by atoms with E-state index in [9.17, 15) is 9.59 Å². The summed E-state index contributed by atoms with van der Waals surface area (Å²) in [6.07, 6.45) is 1.69. The molecule has 4 nitrogen and oxygen atoms in total. The van der Waals surface area contributed by atoms with Crippen molar-refractivity contribution in [3.63, 3.8) is 0 Å². The molecule has 0 radical (unpaired) electrons. The average molecular weight is 558 g/mol. The van der Waals surface area contributed by atoms with Crippen LogP contribution in [0.2, 0.25) is 0 Å². The van der Waals surface area contributed by atoms with Gasteiger partial charge in [-0.3, -0.25) is 19.6 Å². The Kier molecular flexibility index (Phi) is 9.66. The number of para-hydroxylation sites is 2. The molecule has 0 N–H and O–H groups in total. The zero-order valence-corrected chi connectivity index (χ0v) is 21.7. The summed E-state index contributed by atoms with van der Waals surface area (Å²) in [6, 6.07) is 19.3. The van der Waals surface area contributed by atoms with Gasteiger partial charge < -0.3 is 0 Å². The molecule has 0 saturated carbocycles. The standard InChI is InChI=1S/C13H12BrNO.C13H13NO.BrH/c1-2-9-7-11(13(16)8-14)10-5-3-4-6-12(10)15-9;1-3-10-8-12(9(2)15)11-6-4-5-7-13(11)14-10;/h3-7H,2,8H2,1H3;4-8H,3H2,1-2H3;1H. The van der Waals surface area contributed by atoms with E-state index in [0.717, 1.165) is 57.2 Å². The van der Waals surface area contributed by atoms with Crippen molar-refractivity contribution in [2.45, 2.75) is 33.6 Å². The van der Waals surface area contributed by atoms with Crippen LogP contribution in [0.4, 0.5) is 0 Å². The van der Waals surface area contributed by atoms with Crippen molar-refractivity contribution in [2.75, 3.05) is 5.33 Å². The van der Waals surface area contributed by atoms with Gasteiger partial charge in [-0.1, -0.05) is 66.2 Å². The summed E-state index contributed by atoms with van der Waals surface area (Å²) in [4.78, 5) is 32.3. The van der Waals surface area contributed by atoms with Gasteiger partial charge in [-0.15, -0.1) is 17.0 Å². The van der Waals surface area contributed by atoms with Crippen LogP contribution in [0.15, 0.2) is 60.7 Å². The molecular weight excluding hydrogens is 532 g/mol. The van der Waals surface area contributed by atoms with E-state index < -0.39 is 0 Å². The minimum Gasteiger partial charge on any atom is -0.294 e. The molecule has 2 aromatic heterocycles. The highest BCUT2D eigenvalue weighted by atomic mass is 79.9. The van der Waals surface area contributed by atoms with E-state index in [-0.39, 0.29) is 28.5 Å². The first-order chi connectivity index (χ1) is 15.0. The number of fused-ring (bicyclic) bond motifs is 2. The minimum absolute atomic E-state index is 0. The van der Waals surface area contributed by atoms with Gasteiger partial charge in [-0.05, 0) is 44.0 Å². The quantitative estimate of drug-likeness (QED) is 0.197. The summed E-state index contributed by atoms with van der Waals surface area (Å²) in [5.41, 5.74) is 5.27. The molecule has 0 fully saturated rings. The first-order valence-corrected chi connectivity index (χ1v) is 11.5.